The van der Waals surface area contributed by atoms with Crippen LogP contribution in [-0.2, 0) is 6.42 Å². The largest absolute Gasteiger partial charge is 0.329 e. The minimum absolute atomic E-state index is 0.0895. The highest BCUT2D eigenvalue weighted by molar-refractivity contribution is 9.10. The maximum Gasteiger partial charge on any atom is 0.266 e. The second-order valence-electron chi connectivity index (χ2n) is 8.29. The summed E-state index contributed by atoms with van der Waals surface area (Å²) in [6.45, 7) is 6.61. The summed E-state index contributed by atoms with van der Waals surface area (Å²) in [5.41, 5.74) is 2.96. The van der Waals surface area contributed by atoms with Crippen molar-refractivity contribution in [2.45, 2.75) is 39.7 Å². The molecule has 1 aromatic heterocycles. The van der Waals surface area contributed by atoms with Gasteiger partial charge in [0.2, 0.25) is 0 Å². The minimum atomic E-state index is -0.423. The molecule has 0 saturated carbocycles. The third-order valence-corrected chi connectivity index (χ3v) is 6.55. The number of aromatic nitrogens is 2. The fourth-order valence-electron chi connectivity index (χ4n) is 4.33. The van der Waals surface area contributed by atoms with Crippen LogP contribution in [0.15, 0.2) is 82.1 Å². The Labute approximate surface area is 208 Å². The molecule has 1 heterocycles. The molecular weight excluding hydrogens is 490 g/mol. The van der Waals surface area contributed by atoms with Crippen molar-refractivity contribution in [3.8, 4) is 5.69 Å². The number of nitrogens with zero attached hydrogens (tertiary/aromatic N) is 3. The molecule has 0 aliphatic rings. The van der Waals surface area contributed by atoms with Gasteiger partial charge in [0, 0.05) is 16.6 Å². The summed E-state index contributed by atoms with van der Waals surface area (Å²) in [6.07, 6.45) is 1.56. The summed E-state index contributed by atoms with van der Waals surface area (Å²) in [7, 11) is 0. The number of para-hydroxylation sites is 2. The maximum absolute atomic E-state index is 13.8. The second kappa shape index (κ2) is 10.3. The topological polar surface area (TPSA) is 55.2 Å². The number of hydrogen-bond donors (Lipinski definition) is 0. The lowest BCUT2D eigenvalue weighted by Crippen LogP contribution is -2.38. The summed E-state index contributed by atoms with van der Waals surface area (Å²) in [6, 6.07) is 22.2. The molecule has 0 saturated heterocycles. The molecule has 1 amide bonds. The lowest BCUT2D eigenvalue weighted by Gasteiger charge is -2.31. The van der Waals surface area contributed by atoms with Gasteiger partial charge in [-0.05, 0) is 61.7 Å². The van der Waals surface area contributed by atoms with E-state index in [9.17, 15) is 9.59 Å². The number of carbonyl (C=O) groups excluding carboxylic acids is 1. The van der Waals surface area contributed by atoms with E-state index in [-0.39, 0.29) is 11.5 Å². The Hall–Kier alpha value is -3.25. The highest BCUT2D eigenvalue weighted by atomic mass is 79.9. The van der Waals surface area contributed by atoms with E-state index < -0.39 is 6.04 Å². The molecule has 174 valence electrons. The first kappa shape index (κ1) is 23.9. The van der Waals surface area contributed by atoms with E-state index in [4.69, 9.17) is 4.98 Å². The number of amides is 1. The highest BCUT2D eigenvalue weighted by Crippen LogP contribution is 2.26. The molecule has 0 fully saturated rings. The van der Waals surface area contributed by atoms with Crippen molar-refractivity contribution in [2.24, 2.45) is 0 Å². The Bertz CT molecular complexity index is 1400. The van der Waals surface area contributed by atoms with Crippen LogP contribution in [0.4, 0.5) is 0 Å². The lowest BCUT2D eigenvalue weighted by atomic mass is 10.1. The van der Waals surface area contributed by atoms with Crippen molar-refractivity contribution in [3.63, 3.8) is 0 Å². The van der Waals surface area contributed by atoms with Gasteiger partial charge in [-0.25, -0.2) is 4.98 Å². The molecular formula is C28H28BrN3O2. The van der Waals surface area contributed by atoms with Crippen molar-refractivity contribution >= 4 is 32.7 Å². The molecule has 0 aliphatic carbocycles. The van der Waals surface area contributed by atoms with Gasteiger partial charge < -0.3 is 4.90 Å². The molecule has 0 N–H and O–H groups in total. The summed E-state index contributed by atoms with van der Waals surface area (Å²) in [4.78, 5) is 34.2. The van der Waals surface area contributed by atoms with Gasteiger partial charge in [-0.1, -0.05) is 66.2 Å². The fraction of sp³-hybridized carbons (Fsp3) is 0.250. The molecule has 34 heavy (non-hydrogen) atoms. The van der Waals surface area contributed by atoms with Crippen LogP contribution in [0, 0.1) is 0 Å². The molecule has 4 rings (SSSR count). The first-order valence-corrected chi connectivity index (χ1v) is 12.4. The van der Waals surface area contributed by atoms with Crippen molar-refractivity contribution in [1.29, 1.82) is 0 Å². The molecule has 5 nitrogen and oxygen atoms in total. The van der Waals surface area contributed by atoms with E-state index in [1.54, 1.807) is 10.6 Å². The normalized spacial score (nSPS) is 12.0. The summed E-state index contributed by atoms with van der Waals surface area (Å²) >= 11 is 3.47. The van der Waals surface area contributed by atoms with E-state index in [1.807, 2.05) is 85.5 Å². The van der Waals surface area contributed by atoms with Gasteiger partial charge in [0.1, 0.15) is 5.82 Å². The van der Waals surface area contributed by atoms with Gasteiger partial charge in [0.05, 0.1) is 22.6 Å². The summed E-state index contributed by atoms with van der Waals surface area (Å²) in [5.74, 6) is 0.467. The third-order valence-electron chi connectivity index (χ3n) is 6.05. The molecule has 0 radical (unpaired) electrons. The standard InChI is InChI=1S/C28H28BrN3O2/c1-4-17-31(27(33)21-12-10-13-22(29)18-21)19(3)26-30-24-15-8-7-14-23(24)28(34)32(26)25-16-9-6-11-20(25)5-2/h6-16,18-19H,4-5,17H2,1-3H3. The summed E-state index contributed by atoms with van der Waals surface area (Å²) in [5, 5.41) is 0.560. The zero-order valence-electron chi connectivity index (χ0n) is 19.7. The Kier molecular flexibility index (Phi) is 7.27. The number of aryl methyl sites for hydroxylation is 1. The number of fused-ring (bicyclic) bond motifs is 1. The number of rotatable bonds is 7. The first-order chi connectivity index (χ1) is 16.5. The lowest BCUT2D eigenvalue weighted by molar-refractivity contribution is 0.0681. The van der Waals surface area contributed by atoms with Crippen LogP contribution >= 0.6 is 15.9 Å². The van der Waals surface area contributed by atoms with Crippen LogP contribution in [0.25, 0.3) is 16.6 Å². The predicted molar refractivity (Wildman–Crippen MR) is 141 cm³/mol. The van der Waals surface area contributed by atoms with Crippen LogP contribution < -0.4 is 5.56 Å². The van der Waals surface area contributed by atoms with Crippen LogP contribution in [0.2, 0.25) is 0 Å². The zero-order valence-corrected chi connectivity index (χ0v) is 21.2. The Balaban J connectivity index is 1.94. The molecule has 0 bridgehead atoms. The number of halogens is 1. The second-order valence-corrected chi connectivity index (χ2v) is 9.21. The third kappa shape index (κ3) is 4.55. The average molecular weight is 518 g/mol. The first-order valence-electron chi connectivity index (χ1n) is 11.6. The van der Waals surface area contributed by atoms with Crippen LogP contribution in [0.5, 0.6) is 0 Å². The fourth-order valence-corrected chi connectivity index (χ4v) is 4.73. The zero-order chi connectivity index (χ0) is 24.2. The molecule has 6 heteroatoms. The maximum atomic E-state index is 13.8. The molecule has 4 aromatic rings. The van der Waals surface area contributed by atoms with Gasteiger partial charge in [-0.2, -0.15) is 0 Å². The van der Waals surface area contributed by atoms with Gasteiger partial charge in [-0.15, -0.1) is 0 Å². The molecule has 0 aliphatic heterocycles. The molecule has 0 spiro atoms. The smallest absolute Gasteiger partial charge is 0.266 e. The van der Waals surface area contributed by atoms with Gasteiger partial charge in [-0.3, -0.25) is 14.2 Å². The van der Waals surface area contributed by atoms with Crippen molar-refractivity contribution in [3.05, 3.63) is 105 Å². The Morgan fingerprint density at radius 2 is 1.76 bits per heavy atom. The Morgan fingerprint density at radius 1 is 1.03 bits per heavy atom. The van der Waals surface area contributed by atoms with E-state index in [0.717, 1.165) is 28.6 Å². The molecule has 1 unspecified atom stereocenters. The number of carbonyl (C=O) groups is 1. The van der Waals surface area contributed by atoms with Crippen molar-refractivity contribution < 1.29 is 4.79 Å². The Morgan fingerprint density at radius 3 is 2.50 bits per heavy atom. The van der Waals surface area contributed by atoms with E-state index in [1.165, 1.54) is 0 Å². The van der Waals surface area contributed by atoms with Gasteiger partial charge in [0.25, 0.3) is 11.5 Å². The van der Waals surface area contributed by atoms with Crippen LogP contribution in [-0.4, -0.2) is 26.9 Å². The SMILES string of the molecule is CCCN(C(=O)c1cccc(Br)c1)C(C)c1nc2ccccc2c(=O)n1-c1ccccc1CC. The highest BCUT2D eigenvalue weighted by Gasteiger charge is 2.27. The minimum Gasteiger partial charge on any atom is -0.329 e. The quantitative estimate of drug-likeness (QED) is 0.288. The average Bonchev–Trinajstić information content (AvgIpc) is 2.86. The van der Waals surface area contributed by atoms with Gasteiger partial charge in [0.15, 0.2) is 0 Å². The van der Waals surface area contributed by atoms with E-state index >= 15 is 0 Å². The van der Waals surface area contributed by atoms with Crippen LogP contribution in [0.3, 0.4) is 0 Å². The van der Waals surface area contributed by atoms with E-state index in [0.29, 0.717) is 28.8 Å². The van der Waals surface area contributed by atoms with E-state index in [2.05, 4.69) is 22.9 Å². The predicted octanol–water partition coefficient (Wildman–Crippen LogP) is 6.32. The van der Waals surface area contributed by atoms with Crippen molar-refractivity contribution in [1.82, 2.24) is 14.5 Å². The van der Waals surface area contributed by atoms with Crippen molar-refractivity contribution in [2.75, 3.05) is 6.54 Å². The molecule has 1 atom stereocenters. The monoisotopic (exact) mass is 517 g/mol. The summed E-state index contributed by atoms with van der Waals surface area (Å²) < 4.78 is 2.54. The number of hydrogen-bond acceptors (Lipinski definition) is 3. The van der Waals surface area contributed by atoms with Crippen LogP contribution in [0.1, 0.15) is 55.0 Å². The molecule has 3 aromatic carbocycles. The van der Waals surface area contributed by atoms with Gasteiger partial charge >= 0.3 is 0 Å². The number of benzene rings is 3.